The zero-order valence-electron chi connectivity index (χ0n) is 10.2. The zero-order valence-corrected chi connectivity index (χ0v) is 11.0. The number of hydrogen-bond donors (Lipinski definition) is 1. The maximum absolute atomic E-state index is 12.7. The van der Waals surface area contributed by atoms with Crippen molar-refractivity contribution >= 4 is 11.6 Å². The maximum atomic E-state index is 12.7. The second-order valence-electron chi connectivity index (χ2n) is 4.25. The molecular formula is C15H14ClFO2. The molecule has 19 heavy (non-hydrogen) atoms. The van der Waals surface area contributed by atoms with Gasteiger partial charge in [0.05, 0.1) is 6.10 Å². The van der Waals surface area contributed by atoms with Crippen molar-refractivity contribution in [2.24, 2.45) is 0 Å². The summed E-state index contributed by atoms with van der Waals surface area (Å²) in [5.41, 5.74) is 0.869. The van der Waals surface area contributed by atoms with Crippen LogP contribution < -0.4 is 4.74 Å². The molecule has 0 saturated heterocycles. The molecule has 4 heteroatoms. The third-order valence-electron chi connectivity index (χ3n) is 2.64. The Balaban J connectivity index is 1.82. The first kappa shape index (κ1) is 13.8. The minimum absolute atomic E-state index is 0.180. The topological polar surface area (TPSA) is 29.5 Å². The summed E-state index contributed by atoms with van der Waals surface area (Å²) in [4.78, 5) is 0. The highest BCUT2D eigenvalue weighted by Crippen LogP contribution is 2.16. The number of ether oxygens (including phenoxy) is 1. The number of aliphatic hydroxyl groups excluding tert-OH is 1. The molecule has 100 valence electrons. The summed E-state index contributed by atoms with van der Waals surface area (Å²) in [5.74, 6) is 0.373. The van der Waals surface area contributed by atoms with Crippen molar-refractivity contribution in [3.05, 3.63) is 64.9 Å². The number of benzene rings is 2. The van der Waals surface area contributed by atoms with Gasteiger partial charge in [0, 0.05) is 11.4 Å². The Morgan fingerprint density at radius 1 is 1.05 bits per heavy atom. The summed E-state index contributed by atoms with van der Waals surface area (Å²) in [6, 6.07) is 13.0. The van der Waals surface area contributed by atoms with Crippen LogP contribution in [0.1, 0.15) is 5.56 Å². The van der Waals surface area contributed by atoms with E-state index in [2.05, 4.69) is 0 Å². The molecule has 0 aliphatic carbocycles. The summed E-state index contributed by atoms with van der Waals surface area (Å²) >= 11 is 5.76. The van der Waals surface area contributed by atoms with E-state index in [1.165, 1.54) is 12.1 Å². The van der Waals surface area contributed by atoms with Crippen LogP contribution >= 0.6 is 11.6 Å². The Morgan fingerprint density at radius 3 is 2.32 bits per heavy atom. The zero-order chi connectivity index (χ0) is 13.7. The van der Waals surface area contributed by atoms with E-state index in [9.17, 15) is 9.50 Å². The molecule has 0 amide bonds. The van der Waals surface area contributed by atoms with Gasteiger partial charge in [-0.25, -0.2) is 4.39 Å². The van der Waals surface area contributed by atoms with E-state index in [1.54, 1.807) is 36.4 Å². The molecule has 0 bridgehead atoms. The summed E-state index contributed by atoms with van der Waals surface area (Å²) in [6.07, 6.45) is -0.213. The Labute approximate surface area is 116 Å². The van der Waals surface area contributed by atoms with Crippen LogP contribution in [0.4, 0.5) is 4.39 Å². The lowest BCUT2D eigenvalue weighted by molar-refractivity contribution is 0.108. The molecule has 0 radical (unpaired) electrons. The highest BCUT2D eigenvalue weighted by atomic mass is 35.5. The smallest absolute Gasteiger partial charge is 0.123 e. The fraction of sp³-hybridized carbons (Fsp3) is 0.200. The minimum Gasteiger partial charge on any atom is -0.491 e. The van der Waals surface area contributed by atoms with Gasteiger partial charge in [-0.05, 0) is 42.0 Å². The molecular weight excluding hydrogens is 267 g/mol. The second-order valence-corrected chi connectivity index (χ2v) is 4.69. The molecule has 2 rings (SSSR count). The highest BCUT2D eigenvalue weighted by Gasteiger charge is 2.07. The molecule has 0 aliphatic heterocycles. The molecule has 1 unspecified atom stereocenters. The third-order valence-corrected chi connectivity index (χ3v) is 2.89. The van der Waals surface area contributed by atoms with Gasteiger partial charge in [0.2, 0.25) is 0 Å². The van der Waals surface area contributed by atoms with Gasteiger partial charge in [0.1, 0.15) is 18.2 Å². The average Bonchev–Trinajstić information content (AvgIpc) is 2.41. The van der Waals surface area contributed by atoms with Crippen LogP contribution in [0.5, 0.6) is 5.75 Å². The molecule has 0 fully saturated rings. The first-order chi connectivity index (χ1) is 9.13. The van der Waals surface area contributed by atoms with Gasteiger partial charge < -0.3 is 9.84 Å². The van der Waals surface area contributed by atoms with Crippen molar-refractivity contribution < 1.29 is 14.2 Å². The van der Waals surface area contributed by atoms with Gasteiger partial charge in [-0.15, -0.1) is 0 Å². The molecule has 0 spiro atoms. The van der Waals surface area contributed by atoms with Crippen molar-refractivity contribution in [2.45, 2.75) is 12.5 Å². The monoisotopic (exact) mass is 280 g/mol. The maximum Gasteiger partial charge on any atom is 0.123 e. The van der Waals surface area contributed by atoms with Crippen LogP contribution in [-0.4, -0.2) is 17.8 Å². The van der Waals surface area contributed by atoms with Crippen molar-refractivity contribution in [3.8, 4) is 5.75 Å². The molecule has 2 aromatic carbocycles. The highest BCUT2D eigenvalue weighted by molar-refractivity contribution is 6.30. The molecule has 0 saturated carbocycles. The van der Waals surface area contributed by atoms with Crippen LogP contribution in [0.3, 0.4) is 0 Å². The van der Waals surface area contributed by atoms with E-state index in [0.717, 1.165) is 5.56 Å². The largest absolute Gasteiger partial charge is 0.491 e. The Morgan fingerprint density at radius 2 is 1.68 bits per heavy atom. The second kappa shape index (κ2) is 6.55. The number of aliphatic hydroxyl groups is 1. The van der Waals surface area contributed by atoms with Crippen LogP contribution in [-0.2, 0) is 6.42 Å². The molecule has 0 aliphatic rings. The lowest BCUT2D eigenvalue weighted by Gasteiger charge is -2.12. The molecule has 0 heterocycles. The van der Waals surface area contributed by atoms with E-state index in [0.29, 0.717) is 17.2 Å². The predicted molar refractivity (Wildman–Crippen MR) is 73.1 cm³/mol. The van der Waals surface area contributed by atoms with Crippen molar-refractivity contribution in [2.75, 3.05) is 6.61 Å². The molecule has 2 nitrogen and oxygen atoms in total. The predicted octanol–water partition coefficient (Wildman–Crippen LogP) is 3.46. The average molecular weight is 281 g/mol. The van der Waals surface area contributed by atoms with E-state index in [1.807, 2.05) is 0 Å². The van der Waals surface area contributed by atoms with E-state index in [-0.39, 0.29) is 12.4 Å². The van der Waals surface area contributed by atoms with Crippen LogP contribution in [0.15, 0.2) is 48.5 Å². The van der Waals surface area contributed by atoms with Gasteiger partial charge in [0.25, 0.3) is 0 Å². The summed E-state index contributed by atoms with van der Waals surface area (Å²) < 4.78 is 18.2. The standard InChI is InChI=1S/C15H14ClFO2/c16-12-3-7-15(8-4-12)19-10-14(18)9-11-1-5-13(17)6-2-11/h1-8,14,18H,9-10H2. The molecule has 2 aromatic rings. The van der Waals surface area contributed by atoms with Gasteiger partial charge in [0.15, 0.2) is 0 Å². The van der Waals surface area contributed by atoms with E-state index in [4.69, 9.17) is 16.3 Å². The molecule has 1 atom stereocenters. The lowest BCUT2D eigenvalue weighted by atomic mass is 10.1. The number of hydrogen-bond acceptors (Lipinski definition) is 2. The molecule has 1 N–H and O–H groups in total. The third kappa shape index (κ3) is 4.54. The van der Waals surface area contributed by atoms with Crippen molar-refractivity contribution in [3.63, 3.8) is 0 Å². The van der Waals surface area contributed by atoms with Crippen molar-refractivity contribution in [1.29, 1.82) is 0 Å². The summed E-state index contributed by atoms with van der Waals surface area (Å²) in [6.45, 7) is 0.180. The van der Waals surface area contributed by atoms with Crippen LogP contribution in [0, 0.1) is 5.82 Å². The first-order valence-corrected chi connectivity index (χ1v) is 6.32. The number of halogens is 2. The van der Waals surface area contributed by atoms with Gasteiger partial charge in [-0.2, -0.15) is 0 Å². The first-order valence-electron chi connectivity index (χ1n) is 5.94. The van der Waals surface area contributed by atoms with Gasteiger partial charge in [-0.1, -0.05) is 23.7 Å². The molecule has 0 aromatic heterocycles. The van der Waals surface area contributed by atoms with E-state index < -0.39 is 6.10 Å². The van der Waals surface area contributed by atoms with Gasteiger partial charge in [-0.3, -0.25) is 0 Å². The normalized spacial score (nSPS) is 12.2. The Kier molecular flexibility index (Phi) is 4.77. The lowest BCUT2D eigenvalue weighted by Crippen LogP contribution is -2.20. The summed E-state index contributed by atoms with van der Waals surface area (Å²) in [7, 11) is 0. The Bertz CT molecular complexity index is 511. The fourth-order valence-electron chi connectivity index (χ4n) is 1.67. The van der Waals surface area contributed by atoms with Crippen molar-refractivity contribution in [1.82, 2.24) is 0 Å². The van der Waals surface area contributed by atoms with Crippen LogP contribution in [0.25, 0.3) is 0 Å². The van der Waals surface area contributed by atoms with Gasteiger partial charge >= 0.3 is 0 Å². The Hall–Kier alpha value is -1.58. The SMILES string of the molecule is OC(COc1ccc(Cl)cc1)Cc1ccc(F)cc1. The number of rotatable bonds is 5. The quantitative estimate of drug-likeness (QED) is 0.909. The van der Waals surface area contributed by atoms with E-state index >= 15 is 0 Å². The summed E-state index contributed by atoms with van der Waals surface area (Å²) in [5, 5.41) is 10.5. The fourth-order valence-corrected chi connectivity index (χ4v) is 1.80. The van der Waals surface area contributed by atoms with Crippen LogP contribution in [0.2, 0.25) is 5.02 Å². The minimum atomic E-state index is -0.638.